The third-order valence-electron chi connectivity index (χ3n) is 0.558. The number of halogens is 1. The van der Waals surface area contributed by atoms with Gasteiger partial charge in [-0.2, -0.15) is 0 Å². The number of hydrogen-bond acceptors (Lipinski definition) is 0. The van der Waals surface area contributed by atoms with E-state index in [0.29, 0.717) is 0 Å². The van der Waals surface area contributed by atoms with E-state index in [1.165, 1.54) is 0 Å². The van der Waals surface area contributed by atoms with Crippen LogP contribution in [0.3, 0.4) is 0 Å². The molecule has 0 atom stereocenters. The molecule has 47 valence electrons. The topological polar surface area (TPSA) is 0 Å². The van der Waals surface area contributed by atoms with Gasteiger partial charge in [-0.05, 0) is 0 Å². The molecule has 0 aliphatic heterocycles. The molecule has 0 radical (unpaired) electrons. The number of hydrogen-bond donors (Lipinski definition) is 0. The number of rotatable bonds is 1. The molecule has 0 fully saturated rings. The summed E-state index contributed by atoms with van der Waals surface area (Å²) in [4.78, 5) is 0. The Balaban J connectivity index is 0. The van der Waals surface area contributed by atoms with Crippen molar-refractivity contribution < 1.29 is 14.6 Å². The second-order valence-electron chi connectivity index (χ2n) is 1.20. The van der Waals surface area contributed by atoms with Crippen LogP contribution in [0.15, 0.2) is 5.57 Å². The summed E-state index contributed by atoms with van der Waals surface area (Å²) in [5, 5.41) is 0. The van der Waals surface area contributed by atoms with Gasteiger partial charge in [-0.15, -0.1) is 0 Å². The van der Waals surface area contributed by atoms with Gasteiger partial charge in [-0.1, -0.05) is 20.3 Å². The number of allylic oxidation sites excluding steroid dienone is 1. The van der Waals surface area contributed by atoms with Crippen LogP contribution in [0.2, 0.25) is 0 Å². The van der Waals surface area contributed by atoms with Crippen LogP contribution in [0.25, 0.3) is 0 Å². The molecule has 0 nitrogen and oxygen atoms in total. The van der Waals surface area contributed by atoms with Crippen molar-refractivity contribution in [3.05, 3.63) is 12.2 Å². The van der Waals surface area contributed by atoms with Crippen molar-refractivity contribution in [1.29, 1.82) is 0 Å². The van der Waals surface area contributed by atoms with E-state index in [1.54, 1.807) is 0 Å². The first-order chi connectivity index (χ1) is 3.27. The van der Waals surface area contributed by atoms with Crippen LogP contribution in [0.4, 0.5) is 0 Å². The Morgan fingerprint density at radius 1 is 1.71 bits per heavy atom. The van der Waals surface area contributed by atoms with Crippen molar-refractivity contribution in [2.75, 3.05) is 0 Å². The monoisotopic (exact) mass is 162 g/mol. The van der Waals surface area contributed by atoms with Gasteiger partial charge in [0.15, 0.2) is 0 Å². The average molecular weight is 163 g/mol. The predicted molar refractivity (Wildman–Crippen MR) is 29.6 cm³/mol. The van der Waals surface area contributed by atoms with E-state index in [9.17, 15) is 0 Å². The summed E-state index contributed by atoms with van der Waals surface area (Å²) in [5.41, 5.74) is 1.00. The molecular formula is C5H9ClNi-. The second kappa shape index (κ2) is 9.73. The van der Waals surface area contributed by atoms with Crippen molar-refractivity contribution in [2.45, 2.75) is 20.3 Å². The third kappa shape index (κ3) is 21.0. The van der Waals surface area contributed by atoms with Gasteiger partial charge in [0.05, 0.1) is 0 Å². The zero-order chi connectivity index (χ0) is 6.28. The summed E-state index contributed by atoms with van der Waals surface area (Å²) in [5.74, 6) is 0. The fourth-order valence-corrected chi connectivity index (χ4v) is 0. The molecule has 0 aliphatic carbocycles. The zero-order valence-corrected chi connectivity index (χ0v) is 6.22. The first-order valence-electron chi connectivity index (χ1n) is 1.97. The average Bonchev–Trinajstić information content (AvgIpc) is 1.73. The Hall–Kier alpha value is 0.524. The molecule has 7 heavy (non-hydrogen) atoms. The molecule has 0 aromatic rings. The zero-order valence-electron chi connectivity index (χ0n) is 4.48. The molecule has 0 aromatic carbocycles. The molecule has 0 saturated heterocycles. The fourth-order valence-electron chi connectivity index (χ4n) is 0. The van der Waals surface area contributed by atoms with Crippen LogP contribution in [0.5, 0.6) is 0 Å². The Morgan fingerprint density at radius 3 is 1.86 bits per heavy atom. The molecule has 0 saturated carbocycles. The van der Waals surface area contributed by atoms with E-state index in [4.69, 9.17) is 6.58 Å². The predicted octanol–water partition coefficient (Wildman–Crippen LogP) is 2.46. The van der Waals surface area contributed by atoms with Gasteiger partial charge in [-0.3, -0.25) is 5.57 Å². The molecule has 0 bridgehead atoms. The summed E-state index contributed by atoms with van der Waals surface area (Å²) in [7, 11) is 4.26. The molecule has 0 heterocycles. The second-order valence-corrected chi connectivity index (χ2v) is 1.20. The normalized spacial score (nSPS) is 6.43. The molecule has 0 unspecified atom stereocenters. The molecule has 0 aromatic heterocycles. The van der Waals surface area contributed by atoms with Gasteiger partial charge in [0.25, 0.3) is 0 Å². The van der Waals surface area contributed by atoms with E-state index < -0.39 is 0 Å². The summed E-state index contributed by atoms with van der Waals surface area (Å²) in [6, 6.07) is 0. The minimum atomic E-state index is 1.00. The van der Waals surface area contributed by atoms with Crippen molar-refractivity contribution in [1.82, 2.24) is 0 Å². The first kappa shape index (κ1) is 10.5. The summed E-state index contributed by atoms with van der Waals surface area (Å²) in [6.45, 7) is 9.16. The molecule has 0 N–H and O–H groups in total. The Kier molecular flexibility index (Phi) is 14.6. The maximum absolute atomic E-state index is 5.21. The molecule has 0 rings (SSSR count). The standard InChI is InChI=1S/C5H9.ClH.Ni/c1-4-5(2)3;;/h2H,4H2,1,3H3;1H;/q-1;;+1/p-1. The fraction of sp³-hybridized carbons (Fsp3) is 0.600. The Bertz CT molecular complexity index is 43.3. The van der Waals surface area contributed by atoms with Gasteiger partial charge in [-0.25, -0.2) is 0 Å². The van der Waals surface area contributed by atoms with Crippen LogP contribution in [-0.4, -0.2) is 0 Å². The van der Waals surface area contributed by atoms with Crippen LogP contribution in [-0.2, 0) is 14.6 Å². The van der Waals surface area contributed by atoms with Crippen LogP contribution >= 0.6 is 10.2 Å². The van der Waals surface area contributed by atoms with Crippen LogP contribution in [0, 0.1) is 6.58 Å². The SMILES string of the molecule is [CH-]=C(C)CC.[Cl][Ni]. The van der Waals surface area contributed by atoms with Crippen molar-refractivity contribution in [2.24, 2.45) is 0 Å². The van der Waals surface area contributed by atoms with Crippen LogP contribution in [0.1, 0.15) is 20.3 Å². The molecule has 0 aliphatic rings. The van der Waals surface area contributed by atoms with Gasteiger partial charge in [0, 0.05) is 0 Å². The first-order valence-corrected chi connectivity index (χ1v) is 3.33. The molecular weight excluding hydrogens is 154 g/mol. The summed E-state index contributed by atoms with van der Waals surface area (Å²) >= 11 is 3.35. The van der Waals surface area contributed by atoms with Gasteiger partial charge >= 0.3 is 24.8 Å². The van der Waals surface area contributed by atoms with Crippen LogP contribution < -0.4 is 0 Å². The van der Waals surface area contributed by atoms with Crippen molar-refractivity contribution >= 4 is 10.2 Å². The maximum atomic E-state index is 5.21. The quantitative estimate of drug-likeness (QED) is 0.411. The molecule has 2 heteroatoms. The van der Waals surface area contributed by atoms with Gasteiger partial charge < -0.3 is 6.58 Å². The molecule has 0 spiro atoms. The van der Waals surface area contributed by atoms with Crippen molar-refractivity contribution in [3.63, 3.8) is 0 Å². The van der Waals surface area contributed by atoms with Gasteiger partial charge in [0.2, 0.25) is 0 Å². The summed E-state index contributed by atoms with van der Waals surface area (Å²) in [6.07, 6.45) is 1.00. The van der Waals surface area contributed by atoms with Crippen molar-refractivity contribution in [3.8, 4) is 0 Å². The van der Waals surface area contributed by atoms with Gasteiger partial charge in [0.1, 0.15) is 0 Å². The van der Waals surface area contributed by atoms with E-state index in [0.717, 1.165) is 12.0 Å². The van der Waals surface area contributed by atoms with E-state index in [1.807, 2.05) is 13.8 Å². The van der Waals surface area contributed by atoms with E-state index >= 15 is 0 Å². The summed E-state index contributed by atoms with van der Waals surface area (Å²) < 4.78 is 0. The Labute approximate surface area is 57.6 Å². The Morgan fingerprint density at radius 2 is 1.86 bits per heavy atom. The molecule has 0 amide bonds. The minimum absolute atomic E-state index is 1.00. The van der Waals surface area contributed by atoms with E-state index in [2.05, 4.69) is 24.8 Å². The third-order valence-corrected chi connectivity index (χ3v) is 0.558. The van der Waals surface area contributed by atoms with E-state index in [-0.39, 0.29) is 0 Å².